The molecule has 25 heavy (non-hydrogen) atoms. The van der Waals surface area contributed by atoms with Gasteiger partial charge in [0.15, 0.2) is 0 Å². The third-order valence-electron chi connectivity index (χ3n) is 3.92. The highest BCUT2D eigenvalue weighted by molar-refractivity contribution is 7.87. The zero-order valence-electron chi connectivity index (χ0n) is 15.2. The monoisotopic (exact) mass is 371 g/mol. The summed E-state index contributed by atoms with van der Waals surface area (Å²) in [5.74, 6) is 0.814. The van der Waals surface area contributed by atoms with Crippen molar-refractivity contribution in [1.82, 2.24) is 14.3 Å². The summed E-state index contributed by atoms with van der Waals surface area (Å²) in [5.41, 5.74) is 1.05. The Balaban J connectivity index is 2.12. The first-order valence-electron chi connectivity index (χ1n) is 8.72. The Labute approximate surface area is 150 Å². The van der Waals surface area contributed by atoms with Crippen LogP contribution in [-0.2, 0) is 14.9 Å². The summed E-state index contributed by atoms with van der Waals surface area (Å²) in [7, 11) is -3.52. The van der Waals surface area contributed by atoms with Crippen LogP contribution in [0.15, 0.2) is 24.3 Å². The molecule has 0 saturated carbocycles. The molecular formula is C17H29N3O4S. The topological polar surface area (TPSA) is 79.9 Å². The Hall–Kier alpha value is -1.19. The minimum atomic E-state index is -3.52. The quantitative estimate of drug-likeness (QED) is 0.684. The third-order valence-corrected chi connectivity index (χ3v) is 5.25. The maximum atomic E-state index is 12.1. The van der Waals surface area contributed by atoms with E-state index in [2.05, 4.69) is 14.3 Å². The smallest absolute Gasteiger partial charge is 0.277 e. The molecule has 0 spiro atoms. The average molecular weight is 372 g/mol. The second-order valence-corrected chi connectivity index (χ2v) is 7.82. The van der Waals surface area contributed by atoms with Gasteiger partial charge in [-0.1, -0.05) is 12.1 Å². The molecule has 1 saturated heterocycles. The van der Waals surface area contributed by atoms with Crippen LogP contribution in [0.5, 0.6) is 5.75 Å². The number of nitrogens with one attached hydrogen (secondary N) is 2. The number of benzene rings is 1. The van der Waals surface area contributed by atoms with Crippen molar-refractivity contribution in [2.24, 2.45) is 0 Å². The van der Waals surface area contributed by atoms with E-state index in [1.807, 2.05) is 31.2 Å². The molecule has 0 amide bonds. The predicted octanol–water partition coefficient (Wildman–Crippen LogP) is 1.29. The SMILES string of the molecule is CCOc1ccc(C(CNS(=O)(=O)NC(C)C)N2CCOCC2)cc1. The first-order valence-corrected chi connectivity index (χ1v) is 10.2. The van der Waals surface area contributed by atoms with Gasteiger partial charge in [-0.05, 0) is 38.5 Å². The maximum Gasteiger partial charge on any atom is 0.277 e. The van der Waals surface area contributed by atoms with Gasteiger partial charge in [0, 0.05) is 31.7 Å². The lowest BCUT2D eigenvalue weighted by molar-refractivity contribution is 0.0171. The molecule has 2 rings (SSSR count). The van der Waals surface area contributed by atoms with Crippen molar-refractivity contribution in [3.8, 4) is 5.75 Å². The van der Waals surface area contributed by atoms with Crippen molar-refractivity contribution in [3.05, 3.63) is 29.8 Å². The van der Waals surface area contributed by atoms with Crippen LogP contribution in [0, 0.1) is 0 Å². The van der Waals surface area contributed by atoms with Crippen LogP contribution in [0.25, 0.3) is 0 Å². The van der Waals surface area contributed by atoms with Gasteiger partial charge in [-0.15, -0.1) is 0 Å². The van der Waals surface area contributed by atoms with Crippen LogP contribution in [0.3, 0.4) is 0 Å². The molecule has 1 atom stereocenters. The number of nitrogens with zero attached hydrogens (tertiary/aromatic N) is 1. The Bertz CT molecular complexity index is 613. The van der Waals surface area contributed by atoms with Gasteiger partial charge in [-0.3, -0.25) is 4.90 Å². The highest BCUT2D eigenvalue weighted by Gasteiger charge is 2.24. The molecule has 142 valence electrons. The van der Waals surface area contributed by atoms with Crippen molar-refractivity contribution in [2.45, 2.75) is 32.9 Å². The molecule has 8 heteroatoms. The summed E-state index contributed by atoms with van der Waals surface area (Å²) in [6.07, 6.45) is 0. The highest BCUT2D eigenvalue weighted by atomic mass is 32.2. The molecule has 2 N–H and O–H groups in total. The fraction of sp³-hybridized carbons (Fsp3) is 0.647. The molecule has 7 nitrogen and oxygen atoms in total. The van der Waals surface area contributed by atoms with Crippen molar-refractivity contribution < 1.29 is 17.9 Å². The van der Waals surface area contributed by atoms with Gasteiger partial charge >= 0.3 is 0 Å². The Kier molecular flexibility index (Phi) is 7.64. The summed E-state index contributed by atoms with van der Waals surface area (Å²) < 4.78 is 40.4. The minimum Gasteiger partial charge on any atom is -0.494 e. The van der Waals surface area contributed by atoms with Gasteiger partial charge < -0.3 is 9.47 Å². The second kappa shape index (κ2) is 9.49. The summed E-state index contributed by atoms with van der Waals surface area (Å²) in [6, 6.07) is 7.64. The van der Waals surface area contributed by atoms with E-state index in [1.165, 1.54) is 0 Å². The fourth-order valence-corrected chi connectivity index (χ4v) is 3.92. The van der Waals surface area contributed by atoms with Gasteiger partial charge in [0.1, 0.15) is 5.75 Å². The van der Waals surface area contributed by atoms with Gasteiger partial charge in [0.05, 0.1) is 19.8 Å². The molecule has 0 radical (unpaired) electrons. The number of ether oxygens (including phenoxy) is 2. The molecule has 1 unspecified atom stereocenters. The molecule has 1 aliphatic heterocycles. The van der Waals surface area contributed by atoms with Gasteiger partial charge in [-0.2, -0.15) is 13.1 Å². The van der Waals surface area contributed by atoms with Gasteiger partial charge in [0.25, 0.3) is 10.2 Å². The van der Waals surface area contributed by atoms with Crippen LogP contribution in [0.1, 0.15) is 32.4 Å². The lowest BCUT2D eigenvalue weighted by Gasteiger charge is -2.35. The van der Waals surface area contributed by atoms with Crippen LogP contribution < -0.4 is 14.2 Å². The van der Waals surface area contributed by atoms with E-state index in [1.54, 1.807) is 13.8 Å². The largest absolute Gasteiger partial charge is 0.494 e. The second-order valence-electron chi connectivity index (χ2n) is 6.29. The predicted molar refractivity (Wildman–Crippen MR) is 97.9 cm³/mol. The molecule has 1 aliphatic rings. The third kappa shape index (κ3) is 6.56. The van der Waals surface area contributed by atoms with E-state index in [-0.39, 0.29) is 12.1 Å². The van der Waals surface area contributed by atoms with Crippen molar-refractivity contribution in [1.29, 1.82) is 0 Å². The zero-order chi connectivity index (χ0) is 18.3. The Morgan fingerprint density at radius 3 is 2.40 bits per heavy atom. The molecule has 0 aliphatic carbocycles. The summed E-state index contributed by atoms with van der Waals surface area (Å²) in [5, 5.41) is 0. The molecular weight excluding hydrogens is 342 g/mol. The number of hydrogen-bond donors (Lipinski definition) is 2. The molecule has 1 aromatic rings. The van der Waals surface area contributed by atoms with Crippen LogP contribution >= 0.6 is 0 Å². The normalized spacial score (nSPS) is 17.6. The maximum absolute atomic E-state index is 12.1. The van der Waals surface area contributed by atoms with Crippen molar-refractivity contribution >= 4 is 10.2 Å². The van der Waals surface area contributed by atoms with E-state index in [4.69, 9.17) is 9.47 Å². The van der Waals surface area contributed by atoms with Gasteiger partial charge in [0.2, 0.25) is 0 Å². The number of hydrogen-bond acceptors (Lipinski definition) is 5. The van der Waals surface area contributed by atoms with Crippen LogP contribution in [0.4, 0.5) is 0 Å². The average Bonchev–Trinajstić information content (AvgIpc) is 2.56. The van der Waals surface area contributed by atoms with Crippen molar-refractivity contribution in [2.75, 3.05) is 39.5 Å². The molecule has 0 aromatic heterocycles. The van der Waals surface area contributed by atoms with Crippen LogP contribution in [0.2, 0.25) is 0 Å². The molecule has 1 heterocycles. The standard InChI is InChI=1S/C17H29N3O4S/c1-4-24-16-7-5-15(6-8-16)17(20-9-11-23-12-10-20)13-18-25(21,22)19-14(2)3/h5-8,14,17-19H,4,9-13H2,1-3H3. The first-order chi connectivity index (χ1) is 11.9. The molecule has 0 bridgehead atoms. The highest BCUT2D eigenvalue weighted by Crippen LogP contribution is 2.24. The molecule has 1 aromatic carbocycles. The molecule has 1 fully saturated rings. The number of morpholine rings is 1. The lowest BCUT2D eigenvalue weighted by Crippen LogP contribution is -2.47. The van der Waals surface area contributed by atoms with Gasteiger partial charge in [-0.25, -0.2) is 4.72 Å². The Morgan fingerprint density at radius 1 is 1.20 bits per heavy atom. The van der Waals surface area contributed by atoms with Crippen LogP contribution in [-0.4, -0.2) is 58.8 Å². The summed E-state index contributed by atoms with van der Waals surface area (Å²) >= 11 is 0. The zero-order valence-corrected chi connectivity index (χ0v) is 16.0. The van der Waals surface area contributed by atoms with E-state index < -0.39 is 10.2 Å². The van der Waals surface area contributed by atoms with Crippen molar-refractivity contribution in [3.63, 3.8) is 0 Å². The van der Waals surface area contributed by atoms with E-state index in [9.17, 15) is 8.42 Å². The van der Waals surface area contributed by atoms with E-state index in [0.717, 1.165) is 24.4 Å². The van der Waals surface area contributed by atoms with E-state index >= 15 is 0 Å². The number of rotatable bonds is 9. The fourth-order valence-electron chi connectivity index (χ4n) is 2.84. The first kappa shape index (κ1) is 20.1. The lowest BCUT2D eigenvalue weighted by atomic mass is 10.0. The Morgan fingerprint density at radius 2 is 1.84 bits per heavy atom. The minimum absolute atomic E-state index is 0.0525. The summed E-state index contributed by atoms with van der Waals surface area (Å²) in [4.78, 5) is 2.25. The summed E-state index contributed by atoms with van der Waals surface area (Å²) in [6.45, 7) is 9.32. The van der Waals surface area contributed by atoms with E-state index in [0.29, 0.717) is 26.4 Å².